The second-order valence-electron chi connectivity index (χ2n) is 9.10. The molecule has 0 bridgehead atoms. The Balaban J connectivity index is 2.16. The molecule has 36 heavy (non-hydrogen) atoms. The molecule has 0 aliphatic heterocycles. The number of benzene rings is 2. The molecule has 2 aromatic carbocycles. The van der Waals surface area contributed by atoms with Crippen molar-refractivity contribution in [3.63, 3.8) is 0 Å². The summed E-state index contributed by atoms with van der Waals surface area (Å²) in [5.74, 6) is 0.501. The number of nitrogens with zero attached hydrogens (tertiary/aromatic N) is 2. The number of ether oxygens (including phenoxy) is 1. The third kappa shape index (κ3) is 9.02. The van der Waals surface area contributed by atoms with Crippen LogP contribution in [0, 0.1) is 5.92 Å². The Hall–Kier alpha value is -2.78. The molecule has 0 aromatic heterocycles. The number of nitrogens with one attached hydrogen (secondary N) is 1. The number of sulfonamides is 1. The van der Waals surface area contributed by atoms with Gasteiger partial charge in [-0.25, -0.2) is 8.42 Å². The van der Waals surface area contributed by atoms with E-state index in [-0.39, 0.29) is 43.7 Å². The highest BCUT2D eigenvalue weighted by molar-refractivity contribution is 7.92. The van der Waals surface area contributed by atoms with Crippen molar-refractivity contribution in [1.82, 2.24) is 10.2 Å². The highest BCUT2D eigenvalue weighted by Crippen LogP contribution is 2.23. The van der Waals surface area contributed by atoms with Crippen LogP contribution in [0.5, 0.6) is 5.75 Å². The van der Waals surface area contributed by atoms with Crippen molar-refractivity contribution in [2.75, 3.05) is 30.8 Å². The van der Waals surface area contributed by atoms with Crippen LogP contribution in [-0.4, -0.2) is 57.6 Å². The molecule has 0 heterocycles. The molecule has 198 valence electrons. The molecule has 1 atom stereocenters. The third-order valence-electron chi connectivity index (χ3n) is 5.61. The van der Waals surface area contributed by atoms with Crippen LogP contribution >= 0.6 is 11.6 Å². The van der Waals surface area contributed by atoms with Crippen LogP contribution in [0.15, 0.2) is 48.5 Å². The zero-order chi connectivity index (χ0) is 26.9. The molecule has 0 saturated carbocycles. The molecular weight excluding hydrogens is 502 g/mol. The topological polar surface area (TPSA) is 96.0 Å². The van der Waals surface area contributed by atoms with Crippen molar-refractivity contribution in [3.05, 3.63) is 59.1 Å². The number of carbonyl (C=O) groups is 2. The number of rotatable bonds is 13. The van der Waals surface area contributed by atoms with Gasteiger partial charge in [0.25, 0.3) is 0 Å². The number of carbonyl (C=O) groups excluding carboxylic acids is 2. The van der Waals surface area contributed by atoms with Crippen molar-refractivity contribution >= 4 is 39.1 Å². The fourth-order valence-electron chi connectivity index (χ4n) is 3.60. The summed E-state index contributed by atoms with van der Waals surface area (Å²) in [6.45, 7) is 6.55. The maximum Gasteiger partial charge on any atom is 0.242 e. The largest absolute Gasteiger partial charge is 0.497 e. The van der Waals surface area contributed by atoms with Crippen molar-refractivity contribution < 1.29 is 22.7 Å². The van der Waals surface area contributed by atoms with Gasteiger partial charge in [-0.2, -0.15) is 0 Å². The van der Waals surface area contributed by atoms with Crippen molar-refractivity contribution in [3.8, 4) is 5.75 Å². The lowest BCUT2D eigenvalue weighted by Crippen LogP contribution is -2.48. The number of anilines is 1. The molecule has 0 radical (unpaired) electrons. The van der Waals surface area contributed by atoms with Crippen LogP contribution in [-0.2, 0) is 26.2 Å². The van der Waals surface area contributed by atoms with Crippen LogP contribution in [0.4, 0.5) is 5.69 Å². The number of halogens is 1. The smallest absolute Gasteiger partial charge is 0.242 e. The molecule has 10 heteroatoms. The average Bonchev–Trinajstić information content (AvgIpc) is 2.82. The molecule has 0 aliphatic rings. The monoisotopic (exact) mass is 537 g/mol. The van der Waals surface area contributed by atoms with Gasteiger partial charge in [0.15, 0.2) is 0 Å². The molecule has 0 unspecified atom stereocenters. The second kappa shape index (κ2) is 13.5. The van der Waals surface area contributed by atoms with E-state index in [9.17, 15) is 18.0 Å². The summed E-state index contributed by atoms with van der Waals surface area (Å²) < 4.78 is 31.2. The predicted molar refractivity (Wildman–Crippen MR) is 144 cm³/mol. The maximum atomic E-state index is 13.3. The fourth-order valence-corrected chi connectivity index (χ4v) is 4.74. The van der Waals surface area contributed by atoms with Gasteiger partial charge in [-0.3, -0.25) is 13.9 Å². The number of amides is 2. The summed E-state index contributed by atoms with van der Waals surface area (Å²) in [5, 5.41) is 3.31. The van der Waals surface area contributed by atoms with Crippen LogP contribution < -0.4 is 14.4 Å². The van der Waals surface area contributed by atoms with Gasteiger partial charge < -0.3 is 15.0 Å². The molecule has 1 N–H and O–H groups in total. The summed E-state index contributed by atoms with van der Waals surface area (Å²) in [6, 6.07) is 13.2. The Morgan fingerprint density at radius 3 is 2.31 bits per heavy atom. The lowest BCUT2D eigenvalue weighted by molar-refractivity contribution is -0.140. The zero-order valence-electron chi connectivity index (χ0n) is 21.5. The Morgan fingerprint density at radius 1 is 1.08 bits per heavy atom. The first-order valence-electron chi connectivity index (χ1n) is 11.9. The molecule has 8 nitrogen and oxygen atoms in total. The molecular formula is C26H36ClN3O5S. The SMILES string of the molecule is COc1ccc(CN(C(=O)CCCN(c2cccc(Cl)c2)S(C)(=O)=O)[C@H](C)C(=O)NCC(C)C)cc1. The Morgan fingerprint density at radius 2 is 1.75 bits per heavy atom. The average molecular weight is 538 g/mol. The van der Waals surface area contributed by atoms with Gasteiger partial charge in [0.2, 0.25) is 21.8 Å². The minimum absolute atomic E-state index is 0.0739. The quantitative estimate of drug-likeness (QED) is 0.415. The van der Waals surface area contributed by atoms with E-state index in [2.05, 4.69) is 5.32 Å². The van der Waals surface area contributed by atoms with E-state index in [0.717, 1.165) is 11.8 Å². The highest BCUT2D eigenvalue weighted by atomic mass is 35.5. The van der Waals surface area contributed by atoms with Gasteiger partial charge in [-0.1, -0.05) is 43.6 Å². The van der Waals surface area contributed by atoms with E-state index >= 15 is 0 Å². The van der Waals surface area contributed by atoms with Gasteiger partial charge in [-0.05, 0) is 55.2 Å². The summed E-state index contributed by atoms with van der Waals surface area (Å²) in [6.07, 6.45) is 1.47. The lowest BCUT2D eigenvalue weighted by Gasteiger charge is -2.29. The molecule has 2 aromatic rings. The van der Waals surface area contributed by atoms with E-state index in [0.29, 0.717) is 23.0 Å². The highest BCUT2D eigenvalue weighted by Gasteiger charge is 2.26. The summed E-state index contributed by atoms with van der Waals surface area (Å²) in [4.78, 5) is 27.6. The standard InChI is InChI=1S/C26H36ClN3O5S/c1-19(2)17-28-26(32)20(3)29(18-21-11-13-24(35-4)14-12-21)25(31)10-7-15-30(36(5,33)34)23-9-6-8-22(27)16-23/h6,8-9,11-14,16,19-20H,7,10,15,17-18H2,1-5H3,(H,28,32)/t20-/m1/s1. The zero-order valence-corrected chi connectivity index (χ0v) is 23.1. The minimum Gasteiger partial charge on any atom is -0.497 e. The van der Waals surface area contributed by atoms with Gasteiger partial charge in [0.05, 0.1) is 19.1 Å². The molecule has 2 rings (SSSR count). The van der Waals surface area contributed by atoms with E-state index < -0.39 is 16.1 Å². The molecule has 0 saturated heterocycles. The number of hydrogen-bond donors (Lipinski definition) is 1. The van der Waals surface area contributed by atoms with Gasteiger partial charge in [0.1, 0.15) is 11.8 Å². The van der Waals surface area contributed by atoms with E-state index in [1.807, 2.05) is 26.0 Å². The van der Waals surface area contributed by atoms with Crippen LogP contribution in [0.25, 0.3) is 0 Å². The maximum absolute atomic E-state index is 13.3. The van der Waals surface area contributed by atoms with E-state index in [4.69, 9.17) is 16.3 Å². The van der Waals surface area contributed by atoms with Crippen molar-refractivity contribution in [1.29, 1.82) is 0 Å². The minimum atomic E-state index is -3.58. The number of hydrogen-bond acceptors (Lipinski definition) is 5. The van der Waals surface area contributed by atoms with Crippen LogP contribution in [0.3, 0.4) is 0 Å². The molecule has 0 spiro atoms. The molecule has 0 fully saturated rings. The number of methoxy groups -OCH3 is 1. The molecule has 0 aliphatic carbocycles. The fraction of sp³-hybridized carbons (Fsp3) is 0.462. The van der Waals surface area contributed by atoms with Crippen molar-refractivity contribution in [2.45, 2.75) is 46.2 Å². The summed E-state index contributed by atoms with van der Waals surface area (Å²) in [7, 11) is -2.00. The Kier molecular flexibility index (Phi) is 11.0. The van der Waals surface area contributed by atoms with Crippen LogP contribution in [0.1, 0.15) is 39.2 Å². The van der Waals surface area contributed by atoms with Gasteiger partial charge in [0, 0.05) is 31.1 Å². The Labute approximate surface area is 219 Å². The normalized spacial score (nSPS) is 12.2. The second-order valence-corrected chi connectivity index (χ2v) is 11.4. The first-order chi connectivity index (χ1) is 16.9. The van der Waals surface area contributed by atoms with Gasteiger partial charge >= 0.3 is 0 Å². The lowest BCUT2D eigenvalue weighted by atomic mass is 10.1. The van der Waals surface area contributed by atoms with Crippen LogP contribution in [0.2, 0.25) is 5.02 Å². The van der Waals surface area contributed by atoms with E-state index in [1.165, 1.54) is 9.21 Å². The first kappa shape index (κ1) is 29.5. The van der Waals surface area contributed by atoms with E-state index in [1.54, 1.807) is 50.4 Å². The predicted octanol–water partition coefficient (Wildman–Crippen LogP) is 4.08. The Bertz CT molecular complexity index is 1120. The van der Waals surface area contributed by atoms with Gasteiger partial charge in [-0.15, -0.1) is 0 Å². The third-order valence-corrected chi connectivity index (χ3v) is 7.04. The van der Waals surface area contributed by atoms with Crippen molar-refractivity contribution in [2.24, 2.45) is 5.92 Å². The molecule has 2 amide bonds. The summed E-state index contributed by atoms with van der Waals surface area (Å²) in [5.41, 5.74) is 1.29. The first-order valence-corrected chi connectivity index (χ1v) is 14.1. The summed E-state index contributed by atoms with van der Waals surface area (Å²) >= 11 is 6.04.